The van der Waals surface area contributed by atoms with Crippen LogP contribution in [0.2, 0.25) is 0 Å². The fourth-order valence-corrected chi connectivity index (χ4v) is 6.72. The highest BCUT2D eigenvalue weighted by Gasteiger charge is 2.71. The van der Waals surface area contributed by atoms with Gasteiger partial charge in [0.1, 0.15) is 16.4 Å². The summed E-state index contributed by atoms with van der Waals surface area (Å²) in [6, 6.07) is 7.26. The third-order valence-corrected chi connectivity index (χ3v) is 8.53. The van der Waals surface area contributed by atoms with Crippen LogP contribution in [0.25, 0.3) is 16.7 Å². The number of nitrogens with two attached hydrogens (primary N) is 1. The van der Waals surface area contributed by atoms with Gasteiger partial charge in [-0.2, -0.15) is 0 Å². The molecule has 2 N–H and O–H groups in total. The zero-order valence-electron chi connectivity index (χ0n) is 19.5. The normalized spacial score (nSPS) is 29.9. The van der Waals surface area contributed by atoms with Crippen LogP contribution < -0.4 is 5.73 Å². The van der Waals surface area contributed by atoms with Crippen molar-refractivity contribution >= 4 is 40.4 Å². The lowest BCUT2D eigenvalue weighted by Crippen LogP contribution is -2.45. The van der Waals surface area contributed by atoms with Gasteiger partial charge in [0.25, 0.3) is 0 Å². The Morgan fingerprint density at radius 3 is 2.83 bits per heavy atom. The molecule has 35 heavy (non-hydrogen) atoms. The minimum atomic E-state index is -1.05. The number of halogens is 2. The van der Waals surface area contributed by atoms with Crippen LogP contribution in [0.3, 0.4) is 0 Å². The summed E-state index contributed by atoms with van der Waals surface area (Å²) >= 11 is 1.29. The van der Waals surface area contributed by atoms with Crippen LogP contribution in [0.5, 0.6) is 0 Å². The standard InChI is InChI=1S/C26H25F2N5OS/c1-15-8-9-33(14-15)23(34)26-12-22(26)25(2,32-24(29)35-26)18-10-16(4-6-19(18)27)11-20(28)21-7-5-17(30-3)13-31-21/h4-7,10-11,13,15,22H,8-9,12,14H2,1-2H3,(H2,29,32)/b20-11-/t15-,22-,25+,26-/m0/s1. The molecule has 4 atom stereocenters. The maximum atomic E-state index is 15.2. The van der Waals surface area contributed by atoms with E-state index in [9.17, 15) is 9.18 Å². The summed E-state index contributed by atoms with van der Waals surface area (Å²) in [6.07, 6.45) is 4.11. The van der Waals surface area contributed by atoms with Gasteiger partial charge in [-0.1, -0.05) is 30.8 Å². The Morgan fingerprint density at radius 2 is 2.17 bits per heavy atom. The van der Waals surface area contributed by atoms with E-state index in [0.717, 1.165) is 19.5 Å². The van der Waals surface area contributed by atoms with Crippen molar-refractivity contribution in [3.63, 3.8) is 0 Å². The number of aliphatic imine (C=N–C) groups is 1. The summed E-state index contributed by atoms with van der Waals surface area (Å²) in [4.78, 5) is 27.2. The molecule has 1 aromatic heterocycles. The molecule has 2 fully saturated rings. The number of fused-ring (bicyclic) bond motifs is 1. The first kappa shape index (κ1) is 23.5. The SMILES string of the molecule is [C-]#[N+]c1ccc(/C(F)=C/c2ccc(F)c([C@@]3(C)N=C(N)S[C@@]4(C(=O)N5CC[C@H](C)C5)C[C@H]43)c2)nc1. The predicted molar refractivity (Wildman–Crippen MR) is 134 cm³/mol. The summed E-state index contributed by atoms with van der Waals surface area (Å²) in [7, 11) is 0. The Hall–Kier alpha value is -3.25. The molecule has 5 rings (SSSR count). The van der Waals surface area contributed by atoms with E-state index in [2.05, 4.69) is 21.7 Å². The van der Waals surface area contributed by atoms with Gasteiger partial charge in [-0.15, -0.1) is 0 Å². The summed E-state index contributed by atoms with van der Waals surface area (Å²) < 4.78 is 29.3. The molecule has 1 aliphatic carbocycles. The van der Waals surface area contributed by atoms with Gasteiger partial charge in [-0.05, 0) is 55.5 Å². The first-order chi connectivity index (χ1) is 16.7. The molecule has 1 saturated heterocycles. The van der Waals surface area contributed by atoms with E-state index in [4.69, 9.17) is 12.3 Å². The Labute approximate surface area is 207 Å². The van der Waals surface area contributed by atoms with Gasteiger partial charge >= 0.3 is 0 Å². The summed E-state index contributed by atoms with van der Waals surface area (Å²) in [6.45, 7) is 12.4. The van der Waals surface area contributed by atoms with Crippen molar-refractivity contribution in [3.8, 4) is 0 Å². The quantitative estimate of drug-likeness (QED) is 0.599. The van der Waals surface area contributed by atoms with Gasteiger partial charge < -0.3 is 10.6 Å². The summed E-state index contributed by atoms with van der Waals surface area (Å²) in [5.41, 5.74) is 6.28. The average molecular weight is 494 g/mol. The van der Waals surface area contributed by atoms with Gasteiger partial charge in [-0.25, -0.2) is 13.6 Å². The number of amidine groups is 1. The summed E-state index contributed by atoms with van der Waals surface area (Å²) in [5, 5.41) is 0.262. The Balaban J connectivity index is 1.47. The summed E-state index contributed by atoms with van der Waals surface area (Å²) in [5.74, 6) is -0.780. The third-order valence-electron chi connectivity index (χ3n) is 7.24. The highest BCUT2D eigenvalue weighted by atomic mass is 32.2. The van der Waals surface area contributed by atoms with E-state index in [1.165, 1.54) is 48.3 Å². The number of amides is 1. The number of thioether (sulfide) groups is 1. The van der Waals surface area contributed by atoms with Gasteiger partial charge in [0.2, 0.25) is 11.6 Å². The molecule has 0 radical (unpaired) electrons. The number of carbonyl (C=O) groups excluding carboxylic acids is 1. The van der Waals surface area contributed by atoms with Crippen molar-refractivity contribution in [2.75, 3.05) is 13.1 Å². The molecule has 9 heteroatoms. The number of pyridine rings is 1. The Kier molecular flexibility index (Phi) is 5.67. The number of aromatic nitrogens is 1. The Morgan fingerprint density at radius 1 is 1.37 bits per heavy atom. The lowest BCUT2D eigenvalue weighted by Gasteiger charge is -2.35. The van der Waals surface area contributed by atoms with Crippen LogP contribution in [-0.4, -0.2) is 38.8 Å². The maximum absolute atomic E-state index is 15.2. The Bertz CT molecular complexity index is 1300. The minimum Gasteiger partial charge on any atom is -0.378 e. The highest BCUT2D eigenvalue weighted by Crippen LogP contribution is 2.66. The van der Waals surface area contributed by atoms with Gasteiger partial charge in [-0.3, -0.25) is 14.8 Å². The van der Waals surface area contributed by atoms with E-state index in [0.29, 0.717) is 23.6 Å². The largest absolute Gasteiger partial charge is 0.378 e. The minimum absolute atomic E-state index is 0.0531. The molecule has 1 amide bonds. The van der Waals surface area contributed by atoms with Crippen LogP contribution in [-0.2, 0) is 10.3 Å². The average Bonchev–Trinajstić information content (AvgIpc) is 3.44. The van der Waals surface area contributed by atoms with E-state index >= 15 is 4.39 Å². The number of rotatable bonds is 4. The molecular weight excluding hydrogens is 468 g/mol. The molecule has 1 aromatic carbocycles. The zero-order valence-corrected chi connectivity index (χ0v) is 20.3. The topological polar surface area (TPSA) is 75.9 Å². The van der Waals surface area contributed by atoms with Crippen LogP contribution >= 0.6 is 11.8 Å². The van der Waals surface area contributed by atoms with E-state index in [-0.39, 0.29) is 28.3 Å². The first-order valence-electron chi connectivity index (χ1n) is 11.5. The van der Waals surface area contributed by atoms with Gasteiger partial charge in [0.15, 0.2) is 5.17 Å². The molecule has 3 aliphatic rings. The molecule has 0 bridgehead atoms. The second-order valence-electron chi connectivity index (χ2n) is 9.74. The van der Waals surface area contributed by atoms with Crippen molar-refractivity contribution in [2.24, 2.45) is 22.6 Å². The van der Waals surface area contributed by atoms with E-state index in [1.54, 1.807) is 13.0 Å². The van der Waals surface area contributed by atoms with E-state index in [1.807, 2.05) is 4.90 Å². The molecular formula is C26H25F2N5OS. The number of nitrogens with zero attached hydrogens (tertiary/aromatic N) is 4. The van der Waals surface area contributed by atoms with Crippen LogP contribution in [0.1, 0.15) is 43.5 Å². The van der Waals surface area contributed by atoms with Crippen LogP contribution in [0, 0.1) is 24.2 Å². The van der Waals surface area contributed by atoms with Crippen molar-refractivity contribution in [1.29, 1.82) is 0 Å². The number of carbonyl (C=O) groups is 1. The fourth-order valence-electron chi connectivity index (χ4n) is 5.28. The zero-order chi connectivity index (χ0) is 25.0. The molecule has 1 saturated carbocycles. The lowest BCUT2D eigenvalue weighted by atomic mass is 9.84. The molecule has 0 spiro atoms. The van der Waals surface area contributed by atoms with Gasteiger partial charge in [0.05, 0.1) is 17.8 Å². The number of hydrogen-bond acceptors (Lipinski definition) is 5. The molecule has 180 valence electrons. The monoisotopic (exact) mass is 493 g/mol. The van der Waals surface area contributed by atoms with Gasteiger partial charge in [0, 0.05) is 30.8 Å². The van der Waals surface area contributed by atoms with Crippen LogP contribution in [0.4, 0.5) is 14.5 Å². The highest BCUT2D eigenvalue weighted by molar-refractivity contribution is 8.15. The molecule has 3 heterocycles. The molecule has 6 nitrogen and oxygen atoms in total. The molecule has 2 aliphatic heterocycles. The van der Waals surface area contributed by atoms with Crippen molar-refractivity contribution in [2.45, 2.75) is 37.0 Å². The number of benzene rings is 1. The molecule has 2 aromatic rings. The fraction of sp³-hybridized carbons (Fsp3) is 0.385. The van der Waals surface area contributed by atoms with Crippen LogP contribution in [0.15, 0.2) is 41.5 Å². The van der Waals surface area contributed by atoms with Crippen molar-refractivity contribution in [1.82, 2.24) is 9.88 Å². The lowest BCUT2D eigenvalue weighted by molar-refractivity contribution is -0.130. The third kappa shape index (κ3) is 4.00. The second kappa shape index (κ2) is 8.45. The number of hydrogen-bond donors (Lipinski definition) is 1. The molecule has 0 unspecified atom stereocenters. The first-order valence-corrected chi connectivity index (χ1v) is 12.3. The smallest absolute Gasteiger partial charge is 0.239 e. The second-order valence-corrected chi connectivity index (χ2v) is 11.1. The predicted octanol–water partition coefficient (Wildman–Crippen LogP) is 5.14. The van der Waals surface area contributed by atoms with Crippen molar-refractivity contribution in [3.05, 3.63) is 70.6 Å². The number of likely N-dealkylation sites (tertiary alicyclic amines) is 1. The maximum Gasteiger partial charge on any atom is 0.239 e. The van der Waals surface area contributed by atoms with Crippen molar-refractivity contribution < 1.29 is 13.6 Å². The van der Waals surface area contributed by atoms with E-state index < -0.39 is 21.9 Å².